The van der Waals surface area contributed by atoms with E-state index in [1.165, 1.54) is 16.8 Å². The Labute approximate surface area is 121 Å². The van der Waals surface area contributed by atoms with E-state index in [9.17, 15) is 0 Å². The maximum absolute atomic E-state index is 3.92. The van der Waals surface area contributed by atoms with Crippen LogP contribution in [-0.2, 0) is 0 Å². The summed E-state index contributed by atoms with van der Waals surface area (Å²) in [5.74, 6) is 0. The van der Waals surface area contributed by atoms with Crippen molar-refractivity contribution in [2.45, 2.75) is 19.8 Å². The van der Waals surface area contributed by atoms with Crippen LogP contribution >= 0.6 is 0 Å². The van der Waals surface area contributed by atoms with Gasteiger partial charge >= 0.3 is 0 Å². The van der Waals surface area contributed by atoms with Gasteiger partial charge in [0.15, 0.2) is 0 Å². The molecule has 0 amide bonds. The standard InChI is InChI=1S/C19H21N/c1-3-16-11-7-5-8-12-17(16)15-18(4-2)20-19-13-9-6-10-14-19/h3-6,8-14,20H,1,7,15H2,2H3/b18-4+. The molecule has 1 aliphatic carbocycles. The van der Waals surface area contributed by atoms with Gasteiger partial charge in [-0.1, -0.05) is 61.2 Å². The van der Waals surface area contributed by atoms with E-state index in [-0.39, 0.29) is 0 Å². The van der Waals surface area contributed by atoms with Crippen LogP contribution in [0, 0.1) is 0 Å². The number of hydrogen-bond acceptors (Lipinski definition) is 1. The topological polar surface area (TPSA) is 12.0 Å². The van der Waals surface area contributed by atoms with Crippen LogP contribution in [0.2, 0.25) is 0 Å². The molecular weight excluding hydrogens is 242 g/mol. The summed E-state index contributed by atoms with van der Waals surface area (Å²) in [4.78, 5) is 0. The van der Waals surface area contributed by atoms with Gasteiger partial charge in [-0.15, -0.1) is 0 Å². The molecule has 0 unspecified atom stereocenters. The summed E-state index contributed by atoms with van der Waals surface area (Å²) in [6.45, 7) is 5.98. The molecular formula is C19H21N. The highest BCUT2D eigenvalue weighted by atomic mass is 14.9. The van der Waals surface area contributed by atoms with E-state index in [1.54, 1.807) is 0 Å². The van der Waals surface area contributed by atoms with Crippen LogP contribution in [0.25, 0.3) is 0 Å². The molecule has 0 aliphatic heterocycles. The number of hydrogen-bond donors (Lipinski definition) is 1. The fourth-order valence-corrected chi connectivity index (χ4v) is 2.19. The van der Waals surface area contributed by atoms with Crippen molar-refractivity contribution in [2.24, 2.45) is 0 Å². The molecule has 1 N–H and O–H groups in total. The van der Waals surface area contributed by atoms with Gasteiger partial charge in [-0.25, -0.2) is 0 Å². The number of para-hydroxylation sites is 1. The van der Waals surface area contributed by atoms with Crippen LogP contribution < -0.4 is 5.32 Å². The van der Waals surface area contributed by atoms with Crippen molar-refractivity contribution in [3.63, 3.8) is 0 Å². The third-order valence-corrected chi connectivity index (χ3v) is 3.31. The van der Waals surface area contributed by atoms with E-state index in [4.69, 9.17) is 0 Å². The van der Waals surface area contributed by atoms with E-state index in [0.29, 0.717) is 0 Å². The summed E-state index contributed by atoms with van der Waals surface area (Å²) in [5, 5.41) is 3.48. The summed E-state index contributed by atoms with van der Waals surface area (Å²) in [5.41, 5.74) is 4.84. The first kappa shape index (κ1) is 14.1. The Morgan fingerprint density at radius 1 is 1.30 bits per heavy atom. The third kappa shape index (κ3) is 3.86. The predicted octanol–water partition coefficient (Wildman–Crippen LogP) is 5.39. The second-order valence-corrected chi connectivity index (χ2v) is 4.70. The predicted molar refractivity (Wildman–Crippen MR) is 88.6 cm³/mol. The van der Waals surface area contributed by atoms with Crippen molar-refractivity contribution >= 4 is 5.69 Å². The highest BCUT2D eigenvalue weighted by Crippen LogP contribution is 2.24. The molecule has 0 radical (unpaired) electrons. The molecule has 0 heterocycles. The first-order valence-corrected chi connectivity index (χ1v) is 6.99. The SMILES string of the molecule is C=CC1=CCC=CC=C1C/C(=C\C)Nc1ccccc1. The van der Waals surface area contributed by atoms with Gasteiger partial charge in [-0.05, 0) is 36.6 Å². The number of anilines is 1. The van der Waals surface area contributed by atoms with Gasteiger partial charge in [0, 0.05) is 17.8 Å². The molecule has 0 bridgehead atoms. The molecule has 2 rings (SSSR count). The van der Waals surface area contributed by atoms with Gasteiger partial charge in [0.05, 0.1) is 0 Å². The molecule has 1 aromatic carbocycles. The zero-order chi connectivity index (χ0) is 14.2. The van der Waals surface area contributed by atoms with Crippen molar-refractivity contribution in [1.82, 2.24) is 0 Å². The smallest absolute Gasteiger partial charge is 0.0381 e. The Balaban J connectivity index is 2.12. The zero-order valence-corrected chi connectivity index (χ0v) is 12.0. The van der Waals surface area contributed by atoms with Crippen LogP contribution in [-0.4, -0.2) is 0 Å². The highest BCUT2D eigenvalue weighted by Gasteiger charge is 2.06. The Hall–Kier alpha value is -2.28. The lowest BCUT2D eigenvalue weighted by Gasteiger charge is -2.14. The Morgan fingerprint density at radius 2 is 2.10 bits per heavy atom. The molecule has 102 valence electrons. The lowest BCUT2D eigenvalue weighted by molar-refractivity contribution is 1.12. The van der Waals surface area contributed by atoms with E-state index in [0.717, 1.165) is 18.5 Å². The molecule has 0 fully saturated rings. The van der Waals surface area contributed by atoms with Gasteiger partial charge < -0.3 is 5.32 Å². The first-order valence-electron chi connectivity index (χ1n) is 6.99. The van der Waals surface area contributed by atoms with Crippen molar-refractivity contribution < 1.29 is 0 Å². The molecule has 0 saturated heterocycles. The molecule has 0 aromatic heterocycles. The zero-order valence-electron chi connectivity index (χ0n) is 12.0. The second kappa shape index (κ2) is 7.34. The fraction of sp³-hybridized carbons (Fsp3) is 0.158. The molecule has 1 heteroatoms. The van der Waals surface area contributed by atoms with Crippen LogP contribution in [0.1, 0.15) is 19.8 Å². The third-order valence-electron chi connectivity index (χ3n) is 3.31. The lowest BCUT2D eigenvalue weighted by atomic mass is 10.0. The Bertz CT molecular complexity index is 571. The van der Waals surface area contributed by atoms with E-state index >= 15 is 0 Å². The second-order valence-electron chi connectivity index (χ2n) is 4.70. The maximum atomic E-state index is 3.92. The highest BCUT2D eigenvalue weighted by molar-refractivity contribution is 5.51. The molecule has 1 aliphatic rings. The van der Waals surface area contributed by atoms with Crippen LogP contribution in [0.3, 0.4) is 0 Å². The maximum Gasteiger partial charge on any atom is 0.0381 e. The van der Waals surface area contributed by atoms with E-state index < -0.39 is 0 Å². The molecule has 1 aromatic rings. The first-order chi connectivity index (χ1) is 9.83. The van der Waals surface area contributed by atoms with Crippen molar-refractivity contribution in [3.8, 4) is 0 Å². The molecule has 0 atom stereocenters. The summed E-state index contributed by atoms with van der Waals surface area (Å²) < 4.78 is 0. The van der Waals surface area contributed by atoms with Crippen LogP contribution in [0.5, 0.6) is 0 Å². The van der Waals surface area contributed by atoms with Crippen molar-refractivity contribution in [3.05, 3.63) is 90.2 Å². The minimum Gasteiger partial charge on any atom is -0.359 e. The quantitative estimate of drug-likeness (QED) is 0.751. The Kier molecular flexibility index (Phi) is 5.19. The average Bonchev–Trinajstić information content (AvgIpc) is 2.72. The van der Waals surface area contributed by atoms with Crippen LogP contribution in [0.4, 0.5) is 5.69 Å². The molecule has 1 nitrogen and oxygen atoms in total. The Morgan fingerprint density at radius 3 is 2.80 bits per heavy atom. The van der Waals surface area contributed by atoms with Gasteiger partial charge in [0.2, 0.25) is 0 Å². The van der Waals surface area contributed by atoms with Crippen molar-refractivity contribution in [2.75, 3.05) is 5.32 Å². The molecule has 20 heavy (non-hydrogen) atoms. The van der Waals surface area contributed by atoms with Gasteiger partial charge in [0.25, 0.3) is 0 Å². The summed E-state index contributed by atoms with van der Waals surface area (Å²) in [6, 6.07) is 10.3. The minimum absolute atomic E-state index is 0.883. The minimum atomic E-state index is 0.883. The average molecular weight is 263 g/mol. The summed E-state index contributed by atoms with van der Waals surface area (Å²) >= 11 is 0. The number of rotatable bonds is 5. The monoisotopic (exact) mass is 263 g/mol. The number of allylic oxidation sites excluding steroid dienone is 8. The van der Waals surface area contributed by atoms with Crippen LogP contribution in [0.15, 0.2) is 90.2 Å². The van der Waals surface area contributed by atoms with Crippen molar-refractivity contribution in [1.29, 1.82) is 0 Å². The molecule has 0 saturated carbocycles. The lowest BCUT2D eigenvalue weighted by Crippen LogP contribution is -2.01. The van der Waals surface area contributed by atoms with E-state index in [2.05, 4.69) is 61.3 Å². The normalized spacial score (nSPS) is 15.2. The summed E-state index contributed by atoms with van der Waals surface area (Å²) in [7, 11) is 0. The van der Waals surface area contributed by atoms with E-state index in [1.807, 2.05) is 24.3 Å². The summed E-state index contributed by atoms with van der Waals surface area (Å²) in [6.07, 6.45) is 14.6. The molecule has 0 spiro atoms. The fourth-order valence-electron chi connectivity index (χ4n) is 2.19. The number of nitrogens with one attached hydrogen (secondary N) is 1. The number of benzene rings is 1. The van der Waals surface area contributed by atoms with Gasteiger partial charge in [-0.3, -0.25) is 0 Å². The van der Waals surface area contributed by atoms with Gasteiger partial charge in [0.1, 0.15) is 0 Å². The largest absolute Gasteiger partial charge is 0.359 e. The van der Waals surface area contributed by atoms with Gasteiger partial charge in [-0.2, -0.15) is 0 Å².